The van der Waals surface area contributed by atoms with Crippen LogP contribution in [0.5, 0.6) is 0 Å². The van der Waals surface area contributed by atoms with Gasteiger partial charge >= 0.3 is 5.97 Å². The Morgan fingerprint density at radius 2 is 1.85 bits per heavy atom. The Labute approximate surface area is 152 Å². The number of amides is 1. The molecule has 10 heteroatoms. The van der Waals surface area contributed by atoms with Gasteiger partial charge in [-0.15, -0.1) is 0 Å². The van der Waals surface area contributed by atoms with Crippen molar-refractivity contribution in [3.63, 3.8) is 0 Å². The Bertz CT molecular complexity index is 763. The van der Waals surface area contributed by atoms with Crippen molar-refractivity contribution in [2.45, 2.75) is 30.8 Å². The Morgan fingerprint density at radius 1 is 1.19 bits per heavy atom. The van der Waals surface area contributed by atoms with E-state index in [1.165, 1.54) is 23.5 Å². The largest absolute Gasteiger partial charge is 0.448 e. The van der Waals surface area contributed by atoms with E-state index < -0.39 is 22.1 Å². The highest BCUT2D eigenvalue weighted by molar-refractivity contribution is 7.89. The third-order valence-electron chi connectivity index (χ3n) is 4.53. The highest BCUT2D eigenvalue weighted by atomic mass is 32.2. The summed E-state index contributed by atoms with van der Waals surface area (Å²) < 4.78 is 36.8. The van der Waals surface area contributed by atoms with E-state index in [9.17, 15) is 18.0 Å². The van der Waals surface area contributed by atoms with Crippen LogP contribution in [0.15, 0.2) is 17.2 Å². The van der Waals surface area contributed by atoms with Gasteiger partial charge in [0, 0.05) is 32.4 Å². The summed E-state index contributed by atoms with van der Waals surface area (Å²) >= 11 is 0. The predicted octanol–water partition coefficient (Wildman–Crippen LogP) is 0.203. The number of nitrogens with one attached hydrogen (secondary N) is 1. The number of H-pyrrole nitrogens is 1. The monoisotopic (exact) mass is 385 g/mol. The molecule has 0 aliphatic carbocycles. The van der Waals surface area contributed by atoms with Gasteiger partial charge in [-0.2, -0.15) is 4.31 Å². The van der Waals surface area contributed by atoms with Crippen molar-refractivity contribution in [3.05, 3.63) is 18.0 Å². The summed E-state index contributed by atoms with van der Waals surface area (Å²) in [6.07, 6.45) is 2.24. The summed E-state index contributed by atoms with van der Waals surface area (Å²) in [4.78, 5) is 28.7. The second-order valence-corrected chi connectivity index (χ2v) is 8.28. The van der Waals surface area contributed by atoms with E-state index in [0.717, 1.165) is 12.8 Å². The minimum atomic E-state index is -3.69. The Balaban J connectivity index is 1.65. The number of likely N-dealkylation sites (tertiary alicyclic amines) is 1. The third-order valence-corrected chi connectivity index (χ3v) is 6.41. The standard InChI is InChI=1S/C16H23N3O6S/c1-12(15(20)18-4-2-3-5-18)25-16(21)14-10-13(11-17-14)26(22,23)19-6-8-24-9-7-19/h10-12,17H,2-9H2,1H3. The number of hydrogen-bond donors (Lipinski definition) is 1. The van der Waals surface area contributed by atoms with Crippen LogP contribution in [0.25, 0.3) is 0 Å². The fourth-order valence-corrected chi connectivity index (χ4v) is 4.45. The van der Waals surface area contributed by atoms with Crippen molar-refractivity contribution in [1.29, 1.82) is 0 Å². The molecule has 9 nitrogen and oxygen atoms in total. The molecule has 1 atom stereocenters. The molecule has 0 radical (unpaired) electrons. The number of hydrogen-bond acceptors (Lipinski definition) is 6. The molecule has 0 aromatic carbocycles. The lowest BCUT2D eigenvalue weighted by atomic mass is 10.3. The molecule has 26 heavy (non-hydrogen) atoms. The van der Waals surface area contributed by atoms with E-state index in [0.29, 0.717) is 26.3 Å². The smallest absolute Gasteiger partial charge is 0.355 e. The average Bonchev–Trinajstić information content (AvgIpc) is 3.33. The van der Waals surface area contributed by atoms with Crippen molar-refractivity contribution in [3.8, 4) is 0 Å². The van der Waals surface area contributed by atoms with Crippen LogP contribution in [0.3, 0.4) is 0 Å². The number of ether oxygens (including phenoxy) is 2. The lowest BCUT2D eigenvalue weighted by Gasteiger charge is -2.25. The first kappa shape index (κ1) is 18.9. The SMILES string of the molecule is CC(OC(=O)c1cc(S(=O)(=O)N2CCOCC2)c[nH]1)C(=O)N1CCCC1. The molecule has 1 unspecified atom stereocenters. The molecule has 2 aliphatic rings. The topological polar surface area (TPSA) is 109 Å². The number of esters is 1. The summed E-state index contributed by atoms with van der Waals surface area (Å²) in [6.45, 7) is 4.09. The van der Waals surface area contributed by atoms with Gasteiger partial charge in [-0.05, 0) is 25.8 Å². The van der Waals surface area contributed by atoms with E-state index in [1.807, 2.05) is 0 Å². The zero-order chi connectivity index (χ0) is 18.7. The van der Waals surface area contributed by atoms with Crippen LogP contribution < -0.4 is 0 Å². The molecule has 2 fully saturated rings. The van der Waals surface area contributed by atoms with Crippen molar-refractivity contribution in [2.75, 3.05) is 39.4 Å². The number of carbonyl (C=O) groups is 2. The number of aromatic nitrogens is 1. The molecule has 3 heterocycles. The van der Waals surface area contributed by atoms with Crippen molar-refractivity contribution >= 4 is 21.9 Å². The van der Waals surface area contributed by atoms with Crippen LogP contribution in [0.4, 0.5) is 0 Å². The van der Waals surface area contributed by atoms with Gasteiger partial charge in [0.05, 0.1) is 13.2 Å². The van der Waals surface area contributed by atoms with Crippen LogP contribution in [-0.2, 0) is 24.3 Å². The number of sulfonamides is 1. The molecule has 2 aliphatic heterocycles. The van der Waals surface area contributed by atoms with Gasteiger partial charge in [0.2, 0.25) is 10.0 Å². The van der Waals surface area contributed by atoms with E-state index in [4.69, 9.17) is 9.47 Å². The third kappa shape index (κ3) is 3.92. The maximum Gasteiger partial charge on any atom is 0.355 e. The Kier molecular flexibility index (Phi) is 5.64. The quantitative estimate of drug-likeness (QED) is 0.726. The van der Waals surface area contributed by atoms with Gasteiger partial charge < -0.3 is 19.4 Å². The maximum absolute atomic E-state index is 12.6. The highest BCUT2D eigenvalue weighted by Gasteiger charge is 2.30. The fraction of sp³-hybridized carbons (Fsp3) is 0.625. The lowest BCUT2D eigenvalue weighted by Crippen LogP contribution is -2.40. The predicted molar refractivity (Wildman–Crippen MR) is 91.1 cm³/mol. The van der Waals surface area contributed by atoms with Gasteiger partial charge in [-0.25, -0.2) is 13.2 Å². The van der Waals surface area contributed by atoms with Crippen molar-refractivity contribution < 1.29 is 27.5 Å². The van der Waals surface area contributed by atoms with E-state index in [2.05, 4.69) is 4.98 Å². The molecule has 0 saturated carbocycles. The number of carbonyl (C=O) groups excluding carboxylic acids is 2. The second kappa shape index (κ2) is 7.77. The summed E-state index contributed by atoms with van der Waals surface area (Å²) in [5, 5.41) is 0. The highest BCUT2D eigenvalue weighted by Crippen LogP contribution is 2.19. The molecule has 2 saturated heterocycles. The van der Waals surface area contributed by atoms with Gasteiger partial charge in [-0.3, -0.25) is 4.79 Å². The number of nitrogens with zero attached hydrogens (tertiary/aromatic N) is 2. The summed E-state index contributed by atoms with van der Waals surface area (Å²) in [7, 11) is -3.69. The number of morpholine rings is 1. The first-order chi connectivity index (χ1) is 12.4. The number of aromatic amines is 1. The first-order valence-corrected chi connectivity index (χ1v) is 10.1. The normalized spacial score (nSPS) is 20.1. The Morgan fingerprint density at radius 3 is 2.50 bits per heavy atom. The molecule has 1 aromatic heterocycles. The number of rotatable bonds is 5. The molecule has 144 valence electrons. The van der Waals surface area contributed by atoms with E-state index in [-0.39, 0.29) is 29.6 Å². The Hall–Kier alpha value is -1.91. The molecule has 3 rings (SSSR count). The van der Waals surface area contributed by atoms with Crippen LogP contribution in [0.2, 0.25) is 0 Å². The van der Waals surface area contributed by atoms with Crippen molar-refractivity contribution in [2.24, 2.45) is 0 Å². The summed E-state index contributed by atoms with van der Waals surface area (Å²) in [6, 6.07) is 1.24. The molecule has 0 spiro atoms. The van der Waals surface area contributed by atoms with E-state index >= 15 is 0 Å². The molecule has 1 N–H and O–H groups in total. The maximum atomic E-state index is 12.6. The van der Waals surface area contributed by atoms with Gasteiger partial charge in [0.1, 0.15) is 10.6 Å². The lowest BCUT2D eigenvalue weighted by molar-refractivity contribution is -0.138. The zero-order valence-corrected chi connectivity index (χ0v) is 15.5. The molecular weight excluding hydrogens is 362 g/mol. The minimum Gasteiger partial charge on any atom is -0.448 e. The van der Waals surface area contributed by atoms with E-state index in [1.54, 1.807) is 4.90 Å². The fourth-order valence-electron chi connectivity index (χ4n) is 3.05. The molecule has 0 bridgehead atoms. The van der Waals surface area contributed by atoms with Gasteiger partial charge in [0.25, 0.3) is 5.91 Å². The molecule has 1 aromatic rings. The second-order valence-electron chi connectivity index (χ2n) is 6.35. The minimum absolute atomic E-state index is 0.00194. The van der Waals surface area contributed by atoms with Gasteiger partial charge in [-0.1, -0.05) is 0 Å². The van der Waals surface area contributed by atoms with Crippen LogP contribution in [0, 0.1) is 0 Å². The summed E-state index contributed by atoms with van der Waals surface area (Å²) in [5.41, 5.74) is -0.00194. The molecular formula is C16H23N3O6S. The van der Waals surface area contributed by atoms with Crippen LogP contribution >= 0.6 is 0 Å². The van der Waals surface area contributed by atoms with Crippen LogP contribution in [-0.4, -0.2) is 80.0 Å². The zero-order valence-electron chi connectivity index (χ0n) is 14.6. The van der Waals surface area contributed by atoms with Crippen molar-refractivity contribution in [1.82, 2.24) is 14.2 Å². The first-order valence-electron chi connectivity index (χ1n) is 8.65. The summed E-state index contributed by atoms with van der Waals surface area (Å²) in [5.74, 6) is -0.989. The van der Waals surface area contributed by atoms with Crippen LogP contribution in [0.1, 0.15) is 30.3 Å². The van der Waals surface area contributed by atoms with Gasteiger partial charge in [0.15, 0.2) is 6.10 Å². The average molecular weight is 385 g/mol. The molecule has 1 amide bonds.